The predicted octanol–water partition coefficient (Wildman–Crippen LogP) is 10.2. The summed E-state index contributed by atoms with van der Waals surface area (Å²) < 4.78 is 2.37. The van der Waals surface area contributed by atoms with Crippen molar-refractivity contribution in [3.63, 3.8) is 0 Å². The van der Waals surface area contributed by atoms with Gasteiger partial charge in [0, 0.05) is 27.6 Å². The Morgan fingerprint density at radius 2 is 1.17 bits per heavy atom. The van der Waals surface area contributed by atoms with E-state index in [-0.39, 0.29) is 5.92 Å². The van der Waals surface area contributed by atoms with Crippen LogP contribution in [0.1, 0.15) is 22.6 Å². The lowest BCUT2D eigenvalue weighted by molar-refractivity contribution is 1.01. The molecule has 42 heavy (non-hydrogen) atoms. The minimum absolute atomic E-state index is 0.192. The van der Waals surface area contributed by atoms with Gasteiger partial charge in [0.1, 0.15) is 5.82 Å². The molecule has 0 spiro atoms. The maximum Gasteiger partial charge on any atom is 0.138 e. The lowest BCUT2D eigenvalue weighted by atomic mass is 9.89. The molecule has 1 atom stereocenters. The summed E-state index contributed by atoms with van der Waals surface area (Å²) in [5, 5.41) is 4.84. The molecule has 0 saturated heterocycles. The molecule has 0 bridgehead atoms. The number of benzene rings is 6. The monoisotopic (exact) mass is 534 g/mol. The third-order valence-corrected chi connectivity index (χ3v) is 8.85. The van der Waals surface area contributed by atoms with Gasteiger partial charge in [0.25, 0.3) is 0 Å². The molecule has 1 aliphatic rings. The van der Waals surface area contributed by atoms with Gasteiger partial charge in [-0.3, -0.25) is 4.57 Å². The van der Waals surface area contributed by atoms with Crippen LogP contribution in [-0.2, 0) is 0 Å². The van der Waals surface area contributed by atoms with E-state index in [1.165, 1.54) is 55.0 Å². The lowest BCUT2D eigenvalue weighted by Crippen LogP contribution is -2.02. The van der Waals surface area contributed by atoms with Gasteiger partial charge in [-0.2, -0.15) is 0 Å². The third-order valence-electron chi connectivity index (χ3n) is 8.85. The normalized spacial score (nSPS) is 14.0. The zero-order chi connectivity index (χ0) is 27.6. The zero-order valence-electron chi connectivity index (χ0n) is 22.9. The van der Waals surface area contributed by atoms with E-state index in [9.17, 15) is 0 Å². The molecular formula is C40H26N2. The summed E-state index contributed by atoms with van der Waals surface area (Å²) in [7, 11) is 0. The lowest BCUT2D eigenvalue weighted by Gasteiger charge is -2.16. The SMILES string of the molecule is c1ccc(-c2nc(-n3c4ccccc4c4cc5c(cc43)C(c3ccccc3)c3ccccc3-5)cc3ccccc23)cc1. The Morgan fingerprint density at radius 3 is 2.02 bits per heavy atom. The number of hydrogen-bond acceptors (Lipinski definition) is 1. The highest BCUT2D eigenvalue weighted by atomic mass is 15.1. The van der Waals surface area contributed by atoms with Crippen LogP contribution in [0.25, 0.3) is 60.8 Å². The van der Waals surface area contributed by atoms with Crippen LogP contribution >= 0.6 is 0 Å². The maximum absolute atomic E-state index is 5.39. The molecule has 1 aliphatic carbocycles. The topological polar surface area (TPSA) is 17.8 Å². The second-order valence-electron chi connectivity index (χ2n) is 11.2. The average molecular weight is 535 g/mol. The van der Waals surface area contributed by atoms with Crippen molar-refractivity contribution in [1.82, 2.24) is 9.55 Å². The number of nitrogens with zero attached hydrogens (tertiary/aromatic N) is 2. The first-order chi connectivity index (χ1) is 20.8. The molecule has 1 unspecified atom stereocenters. The molecule has 2 heterocycles. The summed E-state index contributed by atoms with van der Waals surface area (Å²) in [5.74, 6) is 1.13. The first-order valence-electron chi connectivity index (χ1n) is 14.5. The molecule has 0 aliphatic heterocycles. The van der Waals surface area contributed by atoms with Crippen LogP contribution in [0.4, 0.5) is 0 Å². The van der Waals surface area contributed by atoms with E-state index in [1.54, 1.807) is 0 Å². The Labute approximate surface area is 244 Å². The summed E-state index contributed by atoms with van der Waals surface area (Å²) in [4.78, 5) is 5.39. The highest BCUT2D eigenvalue weighted by Gasteiger charge is 2.31. The van der Waals surface area contributed by atoms with E-state index in [0.717, 1.165) is 22.5 Å². The number of fused-ring (bicyclic) bond motifs is 7. The van der Waals surface area contributed by atoms with Gasteiger partial charge < -0.3 is 0 Å². The van der Waals surface area contributed by atoms with Gasteiger partial charge in [-0.1, -0.05) is 127 Å². The molecule has 0 saturated carbocycles. The molecular weight excluding hydrogens is 508 g/mol. The fourth-order valence-electron chi connectivity index (χ4n) is 7.03. The van der Waals surface area contributed by atoms with Crippen LogP contribution in [0.2, 0.25) is 0 Å². The van der Waals surface area contributed by atoms with Crippen molar-refractivity contribution < 1.29 is 0 Å². The van der Waals surface area contributed by atoms with Crippen molar-refractivity contribution in [2.24, 2.45) is 0 Å². The largest absolute Gasteiger partial charge is 0.294 e. The molecule has 9 rings (SSSR count). The van der Waals surface area contributed by atoms with Crippen LogP contribution in [0, 0.1) is 0 Å². The Bertz CT molecular complexity index is 2300. The minimum Gasteiger partial charge on any atom is -0.294 e. The van der Waals surface area contributed by atoms with Gasteiger partial charge in [-0.25, -0.2) is 4.98 Å². The van der Waals surface area contributed by atoms with Gasteiger partial charge in [0.2, 0.25) is 0 Å². The van der Waals surface area contributed by atoms with E-state index in [4.69, 9.17) is 4.98 Å². The van der Waals surface area contributed by atoms with E-state index in [1.807, 2.05) is 0 Å². The first-order valence-corrected chi connectivity index (χ1v) is 14.5. The molecule has 6 aromatic carbocycles. The van der Waals surface area contributed by atoms with Crippen LogP contribution in [0.5, 0.6) is 0 Å². The van der Waals surface area contributed by atoms with Crippen LogP contribution in [-0.4, -0.2) is 9.55 Å². The molecule has 0 radical (unpaired) electrons. The molecule has 2 aromatic heterocycles. The van der Waals surface area contributed by atoms with Crippen molar-refractivity contribution in [3.8, 4) is 28.2 Å². The quantitative estimate of drug-likeness (QED) is 0.220. The minimum atomic E-state index is 0.192. The molecule has 0 amide bonds. The maximum atomic E-state index is 5.39. The Kier molecular flexibility index (Phi) is 4.99. The highest BCUT2D eigenvalue weighted by molar-refractivity contribution is 6.12. The number of hydrogen-bond donors (Lipinski definition) is 0. The molecule has 0 N–H and O–H groups in total. The van der Waals surface area contributed by atoms with Crippen molar-refractivity contribution in [2.75, 3.05) is 0 Å². The fourth-order valence-corrected chi connectivity index (χ4v) is 7.03. The molecule has 2 nitrogen and oxygen atoms in total. The van der Waals surface area contributed by atoms with Gasteiger partial charge in [-0.05, 0) is 57.5 Å². The molecule has 8 aromatic rings. The van der Waals surface area contributed by atoms with Crippen molar-refractivity contribution >= 4 is 32.6 Å². The molecule has 2 heteroatoms. The van der Waals surface area contributed by atoms with Crippen LogP contribution in [0.15, 0.2) is 152 Å². The van der Waals surface area contributed by atoms with Gasteiger partial charge in [0.15, 0.2) is 0 Å². The number of pyridine rings is 1. The Morgan fingerprint density at radius 1 is 0.476 bits per heavy atom. The second kappa shape index (κ2) is 9.02. The average Bonchev–Trinajstić information content (AvgIpc) is 3.56. The Hall–Kier alpha value is -5.47. The molecule has 196 valence electrons. The third kappa shape index (κ3) is 3.36. The number of aromatic nitrogens is 2. The van der Waals surface area contributed by atoms with Gasteiger partial charge >= 0.3 is 0 Å². The fraction of sp³-hybridized carbons (Fsp3) is 0.0250. The van der Waals surface area contributed by atoms with Crippen molar-refractivity contribution in [2.45, 2.75) is 5.92 Å². The van der Waals surface area contributed by atoms with Crippen molar-refractivity contribution in [1.29, 1.82) is 0 Å². The zero-order valence-corrected chi connectivity index (χ0v) is 22.9. The number of para-hydroxylation sites is 1. The Balaban J connectivity index is 1.38. The summed E-state index contributed by atoms with van der Waals surface area (Å²) in [5.41, 5.74) is 11.2. The smallest absolute Gasteiger partial charge is 0.138 e. The molecule has 0 fully saturated rings. The highest BCUT2D eigenvalue weighted by Crippen LogP contribution is 2.50. The van der Waals surface area contributed by atoms with E-state index in [0.29, 0.717) is 0 Å². The predicted molar refractivity (Wildman–Crippen MR) is 174 cm³/mol. The summed E-state index contributed by atoms with van der Waals surface area (Å²) in [6, 6.07) is 54.8. The van der Waals surface area contributed by atoms with E-state index < -0.39 is 0 Å². The van der Waals surface area contributed by atoms with Crippen LogP contribution < -0.4 is 0 Å². The first kappa shape index (κ1) is 23.3. The van der Waals surface area contributed by atoms with Crippen LogP contribution in [0.3, 0.4) is 0 Å². The van der Waals surface area contributed by atoms with Crippen molar-refractivity contribution in [3.05, 3.63) is 168 Å². The van der Waals surface area contributed by atoms with Gasteiger partial charge in [-0.15, -0.1) is 0 Å². The standard InChI is InChI=1S/C40H26N2/c1-3-13-26(14-4-1)39-32-21-10-9-19-30(32)33-24-34-31-20-11-12-22-36(31)42(37(34)25-35(33)39)38-23-28-17-7-8-18-29(28)40(41-38)27-15-5-2-6-16-27/h1-25,39H. The summed E-state index contributed by atoms with van der Waals surface area (Å²) in [6.45, 7) is 0. The number of rotatable bonds is 3. The van der Waals surface area contributed by atoms with E-state index in [2.05, 4.69) is 156 Å². The summed E-state index contributed by atoms with van der Waals surface area (Å²) in [6.07, 6.45) is 0. The van der Waals surface area contributed by atoms with Gasteiger partial charge in [0.05, 0.1) is 16.7 Å². The van der Waals surface area contributed by atoms with E-state index >= 15 is 0 Å². The summed E-state index contributed by atoms with van der Waals surface area (Å²) >= 11 is 0. The second-order valence-corrected chi connectivity index (χ2v) is 11.2.